The van der Waals surface area contributed by atoms with Gasteiger partial charge >= 0.3 is 0 Å². The lowest BCUT2D eigenvalue weighted by Crippen LogP contribution is -1.98. The summed E-state index contributed by atoms with van der Waals surface area (Å²) in [6.07, 6.45) is 3.81. The summed E-state index contributed by atoms with van der Waals surface area (Å²) in [4.78, 5) is 7.74. The largest absolute Gasteiger partial charge is 0.390 e. The Hall–Kier alpha value is -1.87. The van der Waals surface area contributed by atoms with E-state index in [0.29, 0.717) is 0 Å². The molecule has 0 aliphatic carbocycles. The topological polar surface area (TPSA) is 48.9 Å². The van der Waals surface area contributed by atoms with Crippen molar-refractivity contribution in [2.24, 2.45) is 0 Å². The molecule has 3 rings (SSSR count). The van der Waals surface area contributed by atoms with Crippen LogP contribution >= 0.6 is 0 Å². The normalized spacial score (nSPS) is 11.4. The van der Waals surface area contributed by atoms with Gasteiger partial charge in [0, 0.05) is 16.3 Å². The van der Waals surface area contributed by atoms with E-state index in [1.165, 1.54) is 16.3 Å². The van der Waals surface area contributed by atoms with Crippen molar-refractivity contribution in [2.45, 2.75) is 26.4 Å². The second-order valence-corrected chi connectivity index (χ2v) is 4.55. The Bertz CT molecular complexity index is 700. The van der Waals surface area contributed by atoms with Gasteiger partial charge in [0.25, 0.3) is 0 Å². The zero-order valence-electron chi connectivity index (χ0n) is 10.4. The Morgan fingerprint density at radius 1 is 1.22 bits per heavy atom. The highest BCUT2D eigenvalue weighted by molar-refractivity contribution is 6.08. The molecule has 0 atom stereocenters. The fraction of sp³-hybridized carbons (Fsp3) is 0.267. The Balaban J connectivity index is 2.43. The molecule has 2 aromatic heterocycles. The number of aromatic nitrogens is 2. The van der Waals surface area contributed by atoms with Gasteiger partial charge < -0.3 is 10.1 Å². The van der Waals surface area contributed by atoms with Crippen LogP contribution in [0.3, 0.4) is 0 Å². The molecular weight excluding hydrogens is 224 g/mol. The fourth-order valence-electron chi connectivity index (χ4n) is 2.60. The molecule has 0 unspecified atom stereocenters. The molecule has 18 heavy (non-hydrogen) atoms. The van der Waals surface area contributed by atoms with Crippen molar-refractivity contribution in [3.05, 3.63) is 41.7 Å². The van der Waals surface area contributed by atoms with Crippen LogP contribution in [0, 0.1) is 0 Å². The van der Waals surface area contributed by atoms with Crippen molar-refractivity contribution in [1.29, 1.82) is 0 Å². The van der Waals surface area contributed by atoms with Gasteiger partial charge in [0.2, 0.25) is 0 Å². The van der Waals surface area contributed by atoms with Gasteiger partial charge in [-0.3, -0.25) is 4.98 Å². The number of aliphatic hydroxyl groups excluding tert-OH is 1. The molecule has 0 saturated heterocycles. The molecular formula is C15H16N2O. The maximum Gasteiger partial charge on any atom is 0.0856 e. The van der Waals surface area contributed by atoms with Crippen LogP contribution < -0.4 is 0 Å². The number of benzene rings is 1. The summed E-state index contributed by atoms with van der Waals surface area (Å²) in [6, 6.07) is 8.26. The maximum absolute atomic E-state index is 9.44. The Morgan fingerprint density at radius 3 is 2.83 bits per heavy atom. The molecule has 2 N–H and O–H groups in total. The molecule has 0 saturated carbocycles. The third-order valence-electron chi connectivity index (χ3n) is 3.38. The highest BCUT2D eigenvalue weighted by Gasteiger charge is 2.12. The number of pyridine rings is 1. The lowest BCUT2D eigenvalue weighted by atomic mass is 10.0. The van der Waals surface area contributed by atoms with Crippen LogP contribution in [0.5, 0.6) is 0 Å². The number of rotatable bonds is 3. The molecule has 0 aliphatic heterocycles. The molecule has 0 aliphatic rings. The summed E-state index contributed by atoms with van der Waals surface area (Å²) in [5.41, 5.74) is 4.16. The number of nitrogens with one attached hydrogen (secondary N) is 1. The van der Waals surface area contributed by atoms with Crippen LogP contribution in [-0.4, -0.2) is 15.1 Å². The zero-order chi connectivity index (χ0) is 12.5. The van der Waals surface area contributed by atoms with Crippen molar-refractivity contribution in [1.82, 2.24) is 9.97 Å². The number of nitrogens with zero attached hydrogens (tertiary/aromatic N) is 1. The average Bonchev–Trinajstić information content (AvgIpc) is 2.78. The number of hydrogen-bond donors (Lipinski definition) is 2. The van der Waals surface area contributed by atoms with Gasteiger partial charge in [-0.25, -0.2) is 0 Å². The summed E-state index contributed by atoms with van der Waals surface area (Å²) < 4.78 is 0. The molecule has 3 nitrogen and oxygen atoms in total. The van der Waals surface area contributed by atoms with E-state index in [9.17, 15) is 5.11 Å². The Morgan fingerprint density at radius 2 is 2.06 bits per heavy atom. The molecule has 92 valence electrons. The molecule has 0 bridgehead atoms. The minimum Gasteiger partial charge on any atom is -0.390 e. The van der Waals surface area contributed by atoms with E-state index in [4.69, 9.17) is 0 Å². The SMILES string of the molecule is CCCc1c(CO)ncc2[nH]c3ccccc3c12. The summed E-state index contributed by atoms with van der Waals surface area (Å²) in [5, 5.41) is 11.9. The zero-order valence-corrected chi connectivity index (χ0v) is 10.4. The molecule has 2 heterocycles. The third kappa shape index (κ3) is 1.59. The average molecular weight is 240 g/mol. The second kappa shape index (κ2) is 4.42. The number of aryl methyl sites for hydroxylation is 1. The van der Waals surface area contributed by atoms with Crippen molar-refractivity contribution < 1.29 is 5.11 Å². The van der Waals surface area contributed by atoms with E-state index in [-0.39, 0.29) is 6.61 Å². The first kappa shape index (κ1) is 11.2. The van der Waals surface area contributed by atoms with E-state index in [1.54, 1.807) is 0 Å². The van der Waals surface area contributed by atoms with E-state index in [1.807, 2.05) is 18.3 Å². The van der Waals surface area contributed by atoms with E-state index in [0.717, 1.165) is 29.6 Å². The van der Waals surface area contributed by atoms with E-state index in [2.05, 4.69) is 29.0 Å². The molecule has 0 radical (unpaired) electrons. The number of H-pyrrole nitrogens is 1. The van der Waals surface area contributed by atoms with Crippen molar-refractivity contribution in [2.75, 3.05) is 0 Å². The van der Waals surface area contributed by atoms with Crippen molar-refractivity contribution in [3.8, 4) is 0 Å². The molecule has 0 fully saturated rings. The molecule has 3 heteroatoms. The molecule has 1 aromatic carbocycles. The van der Waals surface area contributed by atoms with Gasteiger partial charge in [-0.15, -0.1) is 0 Å². The number of aliphatic hydroxyl groups is 1. The Kier molecular flexibility index (Phi) is 2.76. The van der Waals surface area contributed by atoms with Gasteiger partial charge in [0.15, 0.2) is 0 Å². The first-order valence-corrected chi connectivity index (χ1v) is 6.33. The first-order chi connectivity index (χ1) is 8.85. The fourth-order valence-corrected chi connectivity index (χ4v) is 2.60. The van der Waals surface area contributed by atoms with Crippen LogP contribution in [0.15, 0.2) is 30.5 Å². The maximum atomic E-state index is 9.44. The monoisotopic (exact) mass is 240 g/mol. The number of hydrogen-bond acceptors (Lipinski definition) is 2. The highest BCUT2D eigenvalue weighted by Crippen LogP contribution is 2.30. The summed E-state index contributed by atoms with van der Waals surface area (Å²) in [7, 11) is 0. The van der Waals surface area contributed by atoms with Gasteiger partial charge in [-0.05, 0) is 18.1 Å². The van der Waals surface area contributed by atoms with Crippen LogP contribution in [0.2, 0.25) is 0 Å². The van der Waals surface area contributed by atoms with Gasteiger partial charge in [-0.1, -0.05) is 31.5 Å². The van der Waals surface area contributed by atoms with Crippen LogP contribution in [0.1, 0.15) is 24.6 Å². The minimum absolute atomic E-state index is 0.00474. The molecule has 0 spiro atoms. The van der Waals surface area contributed by atoms with Gasteiger partial charge in [0.05, 0.1) is 24.0 Å². The van der Waals surface area contributed by atoms with E-state index < -0.39 is 0 Å². The van der Waals surface area contributed by atoms with Crippen molar-refractivity contribution in [3.63, 3.8) is 0 Å². The molecule has 0 amide bonds. The Labute approximate surface area is 105 Å². The minimum atomic E-state index is 0.00474. The second-order valence-electron chi connectivity index (χ2n) is 4.55. The number of para-hydroxylation sites is 1. The summed E-state index contributed by atoms with van der Waals surface area (Å²) >= 11 is 0. The first-order valence-electron chi connectivity index (χ1n) is 6.33. The lowest BCUT2D eigenvalue weighted by molar-refractivity contribution is 0.275. The number of aromatic amines is 1. The van der Waals surface area contributed by atoms with Crippen LogP contribution in [0.4, 0.5) is 0 Å². The lowest BCUT2D eigenvalue weighted by Gasteiger charge is -2.07. The standard InChI is InChI=1S/C15H16N2O/c1-2-5-10-14(9-18)16-8-13-15(10)11-6-3-4-7-12(11)17-13/h3-4,6-8,17-18H,2,5,9H2,1H3. The number of fused-ring (bicyclic) bond motifs is 3. The third-order valence-corrected chi connectivity index (χ3v) is 3.38. The smallest absolute Gasteiger partial charge is 0.0856 e. The quantitative estimate of drug-likeness (QED) is 0.738. The van der Waals surface area contributed by atoms with Crippen molar-refractivity contribution >= 4 is 21.8 Å². The van der Waals surface area contributed by atoms with Gasteiger partial charge in [0.1, 0.15) is 0 Å². The van der Waals surface area contributed by atoms with Gasteiger partial charge in [-0.2, -0.15) is 0 Å². The predicted octanol–water partition coefficient (Wildman–Crippen LogP) is 3.16. The summed E-state index contributed by atoms with van der Waals surface area (Å²) in [6.45, 7) is 2.15. The predicted molar refractivity (Wildman–Crippen MR) is 73.5 cm³/mol. The highest BCUT2D eigenvalue weighted by atomic mass is 16.3. The van der Waals surface area contributed by atoms with Crippen LogP contribution in [-0.2, 0) is 13.0 Å². The van der Waals surface area contributed by atoms with Crippen LogP contribution in [0.25, 0.3) is 21.8 Å². The van der Waals surface area contributed by atoms with E-state index >= 15 is 0 Å². The molecule has 3 aromatic rings. The summed E-state index contributed by atoms with van der Waals surface area (Å²) in [5.74, 6) is 0.